The predicted octanol–water partition coefficient (Wildman–Crippen LogP) is 3.62. The van der Waals surface area contributed by atoms with E-state index >= 15 is 0 Å². The monoisotopic (exact) mass is 415 g/mol. The van der Waals surface area contributed by atoms with Gasteiger partial charge in [-0.1, -0.05) is 12.1 Å². The number of benzene rings is 2. The van der Waals surface area contributed by atoms with Crippen molar-refractivity contribution in [2.45, 2.75) is 32.0 Å². The molecule has 2 aliphatic heterocycles. The molecule has 1 atom stereocenters. The third-order valence-corrected chi connectivity index (χ3v) is 5.53. The van der Waals surface area contributed by atoms with Crippen LogP contribution in [0.3, 0.4) is 0 Å². The van der Waals surface area contributed by atoms with Crippen molar-refractivity contribution in [2.75, 3.05) is 41.3 Å². The first-order valence-corrected chi connectivity index (χ1v) is 10.2. The Morgan fingerprint density at radius 1 is 0.933 bits per heavy atom. The summed E-state index contributed by atoms with van der Waals surface area (Å²) in [4.78, 5) is 2.35. The van der Waals surface area contributed by atoms with Crippen molar-refractivity contribution in [3.05, 3.63) is 41.5 Å². The van der Waals surface area contributed by atoms with Gasteiger partial charge in [0.15, 0.2) is 23.0 Å². The summed E-state index contributed by atoms with van der Waals surface area (Å²) in [6.07, 6.45) is 2.40. The lowest BCUT2D eigenvalue weighted by Crippen LogP contribution is -2.31. The van der Waals surface area contributed by atoms with Crippen LogP contribution in [-0.4, -0.2) is 52.3 Å². The second kappa shape index (κ2) is 9.45. The van der Waals surface area contributed by atoms with E-state index in [-0.39, 0.29) is 12.9 Å². The van der Waals surface area contributed by atoms with E-state index in [1.165, 1.54) is 0 Å². The van der Waals surface area contributed by atoms with Gasteiger partial charge in [0.25, 0.3) is 0 Å². The van der Waals surface area contributed by atoms with Crippen LogP contribution in [0.15, 0.2) is 30.3 Å². The zero-order valence-electron chi connectivity index (χ0n) is 17.8. The minimum atomic E-state index is 0.224. The van der Waals surface area contributed by atoms with Crippen LogP contribution >= 0.6 is 0 Å². The molecule has 1 saturated heterocycles. The molecule has 1 unspecified atom stereocenters. The van der Waals surface area contributed by atoms with Gasteiger partial charge in [-0.05, 0) is 25.0 Å². The van der Waals surface area contributed by atoms with Crippen molar-refractivity contribution in [1.29, 1.82) is 0 Å². The summed E-state index contributed by atoms with van der Waals surface area (Å²) in [5, 5.41) is 0. The Hall–Kier alpha value is -2.64. The molecule has 2 aliphatic rings. The summed E-state index contributed by atoms with van der Waals surface area (Å²) >= 11 is 0. The Morgan fingerprint density at radius 3 is 2.40 bits per heavy atom. The molecule has 0 radical (unpaired) electrons. The first-order chi connectivity index (χ1) is 14.7. The Labute approximate surface area is 177 Å². The zero-order valence-corrected chi connectivity index (χ0v) is 17.8. The summed E-state index contributed by atoms with van der Waals surface area (Å²) in [5.74, 6) is 3.74. The van der Waals surface area contributed by atoms with Gasteiger partial charge in [0.2, 0.25) is 6.79 Å². The molecule has 0 spiro atoms. The van der Waals surface area contributed by atoms with Crippen LogP contribution in [0.2, 0.25) is 0 Å². The van der Waals surface area contributed by atoms with Crippen LogP contribution < -0.4 is 23.7 Å². The number of methoxy groups -OCH3 is 3. The standard InChI is InChI=1S/C23H29NO6/c1-25-19-8-4-6-16(23(19)27-3)12-24(14-18-7-5-9-28-18)13-17-10-21-22(30-15-29-21)11-20(17)26-2/h4,6,8,10-11,18H,5,7,9,12-15H2,1-3H3. The molecule has 4 rings (SSSR count). The summed E-state index contributed by atoms with van der Waals surface area (Å²) < 4.78 is 33.8. The molecular formula is C23H29NO6. The molecule has 7 nitrogen and oxygen atoms in total. The molecule has 162 valence electrons. The summed E-state index contributed by atoms with van der Waals surface area (Å²) in [6.45, 7) is 3.26. The topological polar surface area (TPSA) is 58.6 Å². The van der Waals surface area contributed by atoms with E-state index in [4.69, 9.17) is 28.4 Å². The second-order valence-corrected chi connectivity index (χ2v) is 7.47. The molecule has 30 heavy (non-hydrogen) atoms. The van der Waals surface area contributed by atoms with Crippen LogP contribution in [0.5, 0.6) is 28.7 Å². The lowest BCUT2D eigenvalue weighted by Gasteiger charge is -2.27. The molecule has 7 heteroatoms. The molecular weight excluding hydrogens is 386 g/mol. The highest BCUT2D eigenvalue weighted by molar-refractivity contribution is 5.52. The maximum absolute atomic E-state index is 5.92. The highest BCUT2D eigenvalue weighted by atomic mass is 16.7. The van der Waals surface area contributed by atoms with Gasteiger partial charge in [-0.15, -0.1) is 0 Å². The van der Waals surface area contributed by atoms with Crippen molar-refractivity contribution in [3.8, 4) is 28.7 Å². The first kappa shape index (κ1) is 20.6. The van der Waals surface area contributed by atoms with Gasteiger partial charge in [-0.3, -0.25) is 4.90 Å². The number of fused-ring (bicyclic) bond motifs is 1. The smallest absolute Gasteiger partial charge is 0.231 e. The summed E-state index contributed by atoms with van der Waals surface area (Å²) in [7, 11) is 5.01. The molecule has 0 amide bonds. The van der Waals surface area contributed by atoms with Crippen LogP contribution in [0.1, 0.15) is 24.0 Å². The Balaban J connectivity index is 1.61. The van der Waals surface area contributed by atoms with Crippen LogP contribution in [0.25, 0.3) is 0 Å². The third-order valence-electron chi connectivity index (χ3n) is 5.53. The van der Waals surface area contributed by atoms with Gasteiger partial charge in [0.05, 0.1) is 27.4 Å². The summed E-state index contributed by atoms with van der Waals surface area (Å²) in [5.41, 5.74) is 2.11. The molecule has 0 bridgehead atoms. The van der Waals surface area contributed by atoms with Gasteiger partial charge < -0.3 is 28.4 Å². The lowest BCUT2D eigenvalue weighted by atomic mass is 10.1. The lowest BCUT2D eigenvalue weighted by molar-refractivity contribution is 0.0673. The predicted molar refractivity (Wildman–Crippen MR) is 112 cm³/mol. The van der Waals surface area contributed by atoms with Gasteiger partial charge in [-0.25, -0.2) is 0 Å². The fraction of sp³-hybridized carbons (Fsp3) is 0.478. The van der Waals surface area contributed by atoms with Gasteiger partial charge in [-0.2, -0.15) is 0 Å². The molecule has 0 saturated carbocycles. The molecule has 0 aliphatic carbocycles. The Kier molecular flexibility index (Phi) is 6.50. The van der Waals surface area contributed by atoms with Crippen molar-refractivity contribution < 1.29 is 28.4 Å². The van der Waals surface area contributed by atoms with Crippen molar-refractivity contribution in [3.63, 3.8) is 0 Å². The highest BCUT2D eigenvalue weighted by Gasteiger charge is 2.24. The van der Waals surface area contributed by atoms with Crippen molar-refractivity contribution >= 4 is 0 Å². The number of nitrogens with zero attached hydrogens (tertiary/aromatic N) is 1. The van der Waals surface area contributed by atoms with Crippen LogP contribution in [0, 0.1) is 0 Å². The molecule has 2 aromatic rings. The Morgan fingerprint density at radius 2 is 1.70 bits per heavy atom. The number of para-hydroxylation sites is 1. The number of rotatable bonds is 9. The molecule has 2 aromatic carbocycles. The van der Waals surface area contributed by atoms with Crippen LogP contribution in [-0.2, 0) is 17.8 Å². The quantitative estimate of drug-likeness (QED) is 0.620. The summed E-state index contributed by atoms with van der Waals surface area (Å²) in [6, 6.07) is 9.87. The fourth-order valence-corrected chi connectivity index (χ4v) is 4.10. The van der Waals surface area contributed by atoms with E-state index in [0.29, 0.717) is 13.1 Å². The normalized spacial score (nSPS) is 17.4. The average molecular weight is 415 g/mol. The largest absolute Gasteiger partial charge is 0.496 e. The van der Waals surface area contributed by atoms with Crippen LogP contribution in [0.4, 0.5) is 0 Å². The van der Waals surface area contributed by atoms with E-state index in [0.717, 1.165) is 65.9 Å². The highest BCUT2D eigenvalue weighted by Crippen LogP contribution is 2.39. The van der Waals surface area contributed by atoms with E-state index in [9.17, 15) is 0 Å². The van der Waals surface area contributed by atoms with Gasteiger partial charge in [0, 0.05) is 43.4 Å². The average Bonchev–Trinajstić information content (AvgIpc) is 3.44. The number of hydrogen-bond donors (Lipinski definition) is 0. The SMILES string of the molecule is COc1cc2c(cc1CN(Cc1cccc(OC)c1OC)CC1CCCO1)OCO2. The number of hydrogen-bond acceptors (Lipinski definition) is 7. The van der Waals surface area contributed by atoms with Gasteiger partial charge in [0.1, 0.15) is 5.75 Å². The fourth-order valence-electron chi connectivity index (χ4n) is 4.10. The second-order valence-electron chi connectivity index (χ2n) is 7.47. The first-order valence-electron chi connectivity index (χ1n) is 10.2. The third kappa shape index (κ3) is 4.42. The zero-order chi connectivity index (χ0) is 20.9. The molecule has 1 fully saturated rings. The van der Waals surface area contributed by atoms with E-state index in [1.54, 1.807) is 21.3 Å². The maximum atomic E-state index is 5.92. The molecule has 2 heterocycles. The van der Waals surface area contributed by atoms with E-state index < -0.39 is 0 Å². The molecule has 0 aromatic heterocycles. The maximum Gasteiger partial charge on any atom is 0.231 e. The van der Waals surface area contributed by atoms with E-state index in [2.05, 4.69) is 11.0 Å². The minimum Gasteiger partial charge on any atom is -0.496 e. The number of ether oxygens (including phenoxy) is 6. The van der Waals surface area contributed by atoms with E-state index in [1.807, 2.05) is 24.3 Å². The van der Waals surface area contributed by atoms with Crippen molar-refractivity contribution in [1.82, 2.24) is 4.90 Å². The Bertz CT molecular complexity index is 865. The molecule has 0 N–H and O–H groups in total. The minimum absolute atomic E-state index is 0.224. The van der Waals surface area contributed by atoms with Gasteiger partial charge >= 0.3 is 0 Å². The van der Waals surface area contributed by atoms with Crippen molar-refractivity contribution in [2.24, 2.45) is 0 Å².